The maximum atomic E-state index is 12.9. The molecule has 1 aliphatic rings. The molecular weight excluding hydrogens is 179 g/mol. The highest BCUT2D eigenvalue weighted by Gasteiger charge is 2.20. The molecule has 0 radical (unpaired) electrons. The summed E-state index contributed by atoms with van der Waals surface area (Å²) in [5.74, 6) is -0.499. The zero-order valence-electron chi connectivity index (χ0n) is 6.08. The minimum Gasteiger partial charge on any atom is -0.352 e. The maximum Gasteiger partial charge on any atom is 0.313 e. The summed E-state index contributed by atoms with van der Waals surface area (Å²) in [6, 6.07) is -1.66. The first-order valence-corrected chi connectivity index (χ1v) is 3.65. The molecule has 3 nitrogen and oxygen atoms in total. The molecule has 2 amide bonds. The van der Waals surface area contributed by atoms with Crippen LogP contribution >= 0.6 is 12.2 Å². The van der Waals surface area contributed by atoms with E-state index in [4.69, 9.17) is 18.0 Å². The lowest BCUT2D eigenvalue weighted by molar-refractivity contribution is 0.247. The summed E-state index contributed by atoms with van der Waals surface area (Å²) in [5, 5.41) is 2.18. The minimum absolute atomic E-state index is 0.314. The van der Waals surface area contributed by atoms with Crippen molar-refractivity contribution in [2.75, 3.05) is 0 Å². The third kappa shape index (κ3) is 1.88. The van der Waals surface area contributed by atoms with Crippen LogP contribution in [-0.2, 0) is 0 Å². The number of hydrogen-bond acceptors (Lipinski definition) is 2. The average Bonchev–Trinajstić information content (AvgIpc) is 1.97. The average molecular weight is 186 g/mol. The number of rotatable bonds is 1. The van der Waals surface area contributed by atoms with E-state index in [0.717, 1.165) is 0 Å². The second kappa shape index (κ2) is 3.44. The standard InChI is InChI=1S/C7H7FN2OS/c8-4-2-1-3-5(12)6(4)10-7(9)11/h1-3,6H,(H3,9,10,11). The molecule has 1 rings (SSSR count). The second-order valence-corrected chi connectivity index (χ2v) is 2.73. The number of thiocarbonyl (C=S) groups is 1. The fraction of sp³-hybridized carbons (Fsp3) is 0.143. The number of primary amides is 1. The predicted octanol–water partition coefficient (Wildman–Crippen LogP) is 0.816. The van der Waals surface area contributed by atoms with Crippen molar-refractivity contribution < 1.29 is 9.18 Å². The van der Waals surface area contributed by atoms with E-state index in [1.165, 1.54) is 12.2 Å². The molecule has 0 heterocycles. The van der Waals surface area contributed by atoms with E-state index in [1.54, 1.807) is 6.08 Å². The molecule has 0 spiro atoms. The smallest absolute Gasteiger partial charge is 0.313 e. The summed E-state index contributed by atoms with van der Waals surface area (Å²) in [6.07, 6.45) is 4.26. The number of carbonyl (C=O) groups is 1. The van der Waals surface area contributed by atoms with Crippen molar-refractivity contribution in [3.05, 3.63) is 24.1 Å². The zero-order valence-corrected chi connectivity index (χ0v) is 6.90. The van der Waals surface area contributed by atoms with Crippen LogP contribution in [0.3, 0.4) is 0 Å². The molecule has 0 aromatic carbocycles. The van der Waals surface area contributed by atoms with Gasteiger partial charge in [0.1, 0.15) is 11.9 Å². The van der Waals surface area contributed by atoms with Gasteiger partial charge in [-0.3, -0.25) is 0 Å². The van der Waals surface area contributed by atoms with Gasteiger partial charge in [0.15, 0.2) is 0 Å². The van der Waals surface area contributed by atoms with Gasteiger partial charge in [-0.15, -0.1) is 0 Å². The van der Waals surface area contributed by atoms with Crippen molar-refractivity contribution in [3.63, 3.8) is 0 Å². The molecule has 0 aromatic heterocycles. The van der Waals surface area contributed by atoms with Crippen LogP contribution in [0.2, 0.25) is 0 Å². The Morgan fingerprint density at radius 2 is 2.42 bits per heavy atom. The number of amides is 2. The number of urea groups is 1. The summed E-state index contributed by atoms with van der Waals surface area (Å²) in [7, 11) is 0. The summed E-state index contributed by atoms with van der Waals surface area (Å²) < 4.78 is 12.9. The number of hydrogen-bond donors (Lipinski definition) is 2. The molecule has 0 fully saturated rings. The molecule has 1 aliphatic carbocycles. The topological polar surface area (TPSA) is 55.1 Å². The Bertz CT molecular complexity index is 285. The molecule has 0 saturated carbocycles. The molecule has 12 heavy (non-hydrogen) atoms. The fourth-order valence-electron chi connectivity index (χ4n) is 0.846. The van der Waals surface area contributed by atoms with Gasteiger partial charge >= 0.3 is 6.03 Å². The highest BCUT2D eigenvalue weighted by molar-refractivity contribution is 7.80. The molecule has 1 atom stereocenters. The number of halogens is 1. The first-order chi connectivity index (χ1) is 5.61. The van der Waals surface area contributed by atoms with Crippen molar-refractivity contribution in [2.24, 2.45) is 5.73 Å². The highest BCUT2D eigenvalue weighted by Crippen LogP contribution is 2.12. The molecular formula is C7H7FN2OS. The van der Waals surface area contributed by atoms with E-state index in [1.807, 2.05) is 0 Å². The lowest BCUT2D eigenvalue weighted by atomic mass is 10.1. The Morgan fingerprint density at radius 1 is 1.75 bits per heavy atom. The van der Waals surface area contributed by atoms with E-state index >= 15 is 0 Å². The van der Waals surface area contributed by atoms with Gasteiger partial charge < -0.3 is 11.1 Å². The van der Waals surface area contributed by atoms with Crippen molar-refractivity contribution in [3.8, 4) is 0 Å². The van der Waals surface area contributed by atoms with E-state index in [2.05, 4.69) is 5.32 Å². The molecule has 0 aliphatic heterocycles. The van der Waals surface area contributed by atoms with Gasteiger partial charge in [-0.1, -0.05) is 18.3 Å². The number of carbonyl (C=O) groups excluding carboxylic acids is 1. The summed E-state index contributed by atoms with van der Waals surface area (Å²) in [5.41, 5.74) is 4.82. The quantitative estimate of drug-likeness (QED) is 0.595. The molecule has 1 unspecified atom stereocenters. The van der Waals surface area contributed by atoms with Gasteiger partial charge in [-0.25, -0.2) is 9.18 Å². The van der Waals surface area contributed by atoms with E-state index in [0.29, 0.717) is 4.86 Å². The minimum atomic E-state index is -0.873. The third-order valence-electron chi connectivity index (χ3n) is 1.36. The molecule has 3 N–H and O–H groups in total. The first-order valence-electron chi connectivity index (χ1n) is 3.25. The summed E-state index contributed by atoms with van der Waals surface area (Å²) in [6.45, 7) is 0. The van der Waals surface area contributed by atoms with E-state index < -0.39 is 17.9 Å². The van der Waals surface area contributed by atoms with Crippen molar-refractivity contribution in [1.82, 2.24) is 5.32 Å². The van der Waals surface area contributed by atoms with Crippen LogP contribution in [0.4, 0.5) is 9.18 Å². The van der Waals surface area contributed by atoms with Crippen LogP contribution in [0.25, 0.3) is 0 Å². The van der Waals surface area contributed by atoms with Gasteiger partial charge in [0.25, 0.3) is 0 Å². The number of nitrogens with one attached hydrogen (secondary N) is 1. The van der Waals surface area contributed by atoms with Crippen molar-refractivity contribution >= 4 is 23.1 Å². The lowest BCUT2D eigenvalue weighted by Crippen LogP contribution is -2.43. The van der Waals surface area contributed by atoms with Crippen molar-refractivity contribution in [2.45, 2.75) is 6.04 Å². The van der Waals surface area contributed by atoms with Crippen molar-refractivity contribution in [1.29, 1.82) is 0 Å². The first kappa shape index (κ1) is 8.86. The Kier molecular flexibility index (Phi) is 2.54. The SMILES string of the molecule is NC(=O)NC1C(=S)C=CC=C1F. The van der Waals surface area contributed by atoms with Crippen LogP contribution < -0.4 is 11.1 Å². The molecule has 0 saturated heterocycles. The van der Waals surface area contributed by atoms with Gasteiger partial charge in [-0.05, 0) is 12.2 Å². The van der Waals surface area contributed by atoms with Crippen LogP contribution in [0.1, 0.15) is 0 Å². The van der Waals surface area contributed by atoms with Crippen LogP contribution in [0.5, 0.6) is 0 Å². The Morgan fingerprint density at radius 3 is 2.92 bits per heavy atom. The summed E-state index contributed by atoms with van der Waals surface area (Å²) in [4.78, 5) is 10.7. The normalized spacial score (nSPS) is 21.9. The monoisotopic (exact) mass is 186 g/mol. The largest absolute Gasteiger partial charge is 0.352 e. The Labute approximate surface area is 74.1 Å². The Balaban J connectivity index is 2.75. The van der Waals surface area contributed by atoms with Gasteiger partial charge in [-0.2, -0.15) is 0 Å². The summed E-state index contributed by atoms with van der Waals surface area (Å²) >= 11 is 4.78. The zero-order chi connectivity index (χ0) is 9.14. The third-order valence-corrected chi connectivity index (χ3v) is 1.73. The number of allylic oxidation sites excluding steroid dienone is 2. The van der Waals surface area contributed by atoms with Crippen LogP contribution in [-0.4, -0.2) is 16.9 Å². The second-order valence-electron chi connectivity index (χ2n) is 2.25. The van der Waals surface area contributed by atoms with Gasteiger partial charge in [0.05, 0.1) is 0 Å². The predicted molar refractivity (Wildman–Crippen MR) is 47.4 cm³/mol. The van der Waals surface area contributed by atoms with E-state index in [-0.39, 0.29) is 0 Å². The molecule has 0 aromatic rings. The van der Waals surface area contributed by atoms with Crippen LogP contribution in [0.15, 0.2) is 24.1 Å². The fourth-order valence-corrected chi connectivity index (χ4v) is 1.10. The van der Waals surface area contributed by atoms with Gasteiger partial charge in [0.2, 0.25) is 0 Å². The Hall–Kier alpha value is -1.23. The lowest BCUT2D eigenvalue weighted by Gasteiger charge is -2.16. The maximum absolute atomic E-state index is 12.9. The molecule has 0 bridgehead atoms. The van der Waals surface area contributed by atoms with E-state index in [9.17, 15) is 9.18 Å². The molecule has 64 valence electrons. The van der Waals surface area contributed by atoms with Crippen LogP contribution in [0, 0.1) is 0 Å². The molecule has 5 heteroatoms. The highest BCUT2D eigenvalue weighted by atomic mass is 32.1. The number of nitrogens with two attached hydrogens (primary N) is 1. The van der Waals surface area contributed by atoms with Gasteiger partial charge in [0, 0.05) is 4.86 Å².